The number of aromatic nitrogens is 7. The van der Waals surface area contributed by atoms with E-state index in [1.54, 1.807) is 41.0 Å². The van der Waals surface area contributed by atoms with Gasteiger partial charge in [0, 0.05) is 38.1 Å². The van der Waals surface area contributed by atoms with Crippen molar-refractivity contribution >= 4 is 17.7 Å². The standard InChI is InChI=1S/C23H22F3N9O/c1-13-9-27-22(31-18-7-8-28-33(18)3)32-19(13)16-12-34-10-14(2)35(21(36)20(34)30-16)11-15-5-4-6-17(29-15)23(24,25)26/h4-9,12,14H,10-11H2,1-3H3,(H,27,31,32). The predicted octanol–water partition coefficient (Wildman–Crippen LogP) is 3.58. The Hall–Kier alpha value is -4.29. The molecule has 0 saturated carbocycles. The topological polar surface area (TPSA) is 107 Å². The van der Waals surface area contributed by atoms with E-state index in [4.69, 9.17) is 0 Å². The van der Waals surface area contributed by atoms with Crippen molar-refractivity contribution in [2.24, 2.45) is 7.05 Å². The molecule has 186 valence electrons. The number of anilines is 2. The summed E-state index contributed by atoms with van der Waals surface area (Å²) in [6.07, 6.45) is 0.509. The maximum atomic E-state index is 13.3. The Morgan fingerprint density at radius 1 is 1.17 bits per heavy atom. The van der Waals surface area contributed by atoms with Gasteiger partial charge in [0.1, 0.15) is 17.2 Å². The van der Waals surface area contributed by atoms with Crippen molar-refractivity contribution in [3.8, 4) is 11.4 Å². The SMILES string of the molecule is Cc1cnc(Nc2ccnn2C)nc1-c1cn2c(n1)C(=O)N(Cc1cccc(C(F)(F)F)n1)C(C)C2. The van der Waals surface area contributed by atoms with Crippen LogP contribution >= 0.6 is 0 Å². The summed E-state index contributed by atoms with van der Waals surface area (Å²) >= 11 is 0. The summed E-state index contributed by atoms with van der Waals surface area (Å²) in [5, 5.41) is 7.20. The number of imidazole rings is 1. The lowest BCUT2D eigenvalue weighted by Crippen LogP contribution is -2.46. The van der Waals surface area contributed by atoms with Gasteiger partial charge in [-0.2, -0.15) is 18.3 Å². The zero-order valence-corrected chi connectivity index (χ0v) is 19.7. The summed E-state index contributed by atoms with van der Waals surface area (Å²) in [7, 11) is 1.79. The van der Waals surface area contributed by atoms with Crippen LogP contribution in [0.25, 0.3) is 11.4 Å². The molecule has 1 N–H and O–H groups in total. The fourth-order valence-electron chi connectivity index (χ4n) is 4.05. The van der Waals surface area contributed by atoms with Crippen LogP contribution in [-0.4, -0.2) is 51.1 Å². The minimum absolute atomic E-state index is 0.0581. The molecule has 1 atom stereocenters. The summed E-state index contributed by atoms with van der Waals surface area (Å²) in [6, 6.07) is 5.18. The lowest BCUT2D eigenvalue weighted by atomic mass is 10.2. The molecule has 0 bridgehead atoms. The molecule has 1 amide bonds. The maximum absolute atomic E-state index is 13.3. The minimum Gasteiger partial charge on any atom is -0.326 e. The second-order valence-electron chi connectivity index (χ2n) is 8.59. The van der Waals surface area contributed by atoms with Crippen molar-refractivity contribution in [3.05, 3.63) is 65.6 Å². The third kappa shape index (κ3) is 4.39. The molecule has 0 radical (unpaired) electrons. The Bertz CT molecular complexity index is 1440. The largest absolute Gasteiger partial charge is 0.433 e. The van der Waals surface area contributed by atoms with Crippen molar-refractivity contribution in [1.82, 2.24) is 39.2 Å². The molecular formula is C23H22F3N9O. The van der Waals surface area contributed by atoms with Crippen LogP contribution in [0.2, 0.25) is 0 Å². The number of nitrogens with zero attached hydrogens (tertiary/aromatic N) is 8. The van der Waals surface area contributed by atoms with E-state index < -0.39 is 11.9 Å². The molecule has 4 aromatic rings. The first-order chi connectivity index (χ1) is 17.1. The van der Waals surface area contributed by atoms with E-state index >= 15 is 0 Å². The molecule has 0 fully saturated rings. The highest BCUT2D eigenvalue weighted by Gasteiger charge is 2.35. The lowest BCUT2D eigenvalue weighted by Gasteiger charge is -2.33. The van der Waals surface area contributed by atoms with Gasteiger partial charge < -0.3 is 14.8 Å². The number of pyridine rings is 1. The van der Waals surface area contributed by atoms with Crippen LogP contribution in [0.3, 0.4) is 0 Å². The van der Waals surface area contributed by atoms with Gasteiger partial charge in [-0.3, -0.25) is 9.48 Å². The first-order valence-corrected chi connectivity index (χ1v) is 11.1. The van der Waals surface area contributed by atoms with Gasteiger partial charge in [0.25, 0.3) is 5.91 Å². The van der Waals surface area contributed by atoms with E-state index in [-0.39, 0.29) is 30.0 Å². The number of hydrogen-bond donors (Lipinski definition) is 1. The second kappa shape index (κ2) is 8.73. The molecule has 1 unspecified atom stereocenters. The molecule has 13 heteroatoms. The number of halogens is 3. The van der Waals surface area contributed by atoms with Crippen molar-refractivity contribution in [1.29, 1.82) is 0 Å². The molecule has 0 spiro atoms. The Morgan fingerprint density at radius 2 is 1.97 bits per heavy atom. The number of carbonyl (C=O) groups is 1. The minimum atomic E-state index is -4.56. The van der Waals surface area contributed by atoms with E-state index in [0.29, 0.717) is 29.7 Å². The molecule has 10 nitrogen and oxygen atoms in total. The van der Waals surface area contributed by atoms with Crippen LogP contribution in [0.5, 0.6) is 0 Å². The molecule has 0 aromatic carbocycles. The molecule has 4 aromatic heterocycles. The number of alkyl halides is 3. The van der Waals surface area contributed by atoms with Gasteiger partial charge in [-0.05, 0) is 31.5 Å². The average molecular weight is 497 g/mol. The summed E-state index contributed by atoms with van der Waals surface area (Å²) in [6.45, 7) is 4.05. The van der Waals surface area contributed by atoms with Gasteiger partial charge in [0.15, 0.2) is 5.82 Å². The fourth-order valence-corrected chi connectivity index (χ4v) is 4.05. The summed E-state index contributed by atoms with van der Waals surface area (Å²) in [5.74, 6) is 0.854. The number of carbonyl (C=O) groups excluding carboxylic acids is 1. The summed E-state index contributed by atoms with van der Waals surface area (Å²) in [5.41, 5.74) is 0.991. The molecular weight excluding hydrogens is 475 g/mol. The van der Waals surface area contributed by atoms with E-state index in [2.05, 4.69) is 30.4 Å². The Balaban J connectivity index is 1.42. The zero-order valence-electron chi connectivity index (χ0n) is 19.7. The molecule has 0 aliphatic carbocycles. The second-order valence-corrected chi connectivity index (χ2v) is 8.59. The predicted molar refractivity (Wildman–Crippen MR) is 123 cm³/mol. The fraction of sp³-hybridized carbons (Fsp3) is 0.304. The van der Waals surface area contributed by atoms with Gasteiger partial charge >= 0.3 is 6.18 Å². The van der Waals surface area contributed by atoms with Crippen LogP contribution in [-0.2, 0) is 26.3 Å². The molecule has 5 heterocycles. The van der Waals surface area contributed by atoms with Gasteiger partial charge in [0.2, 0.25) is 5.95 Å². The summed E-state index contributed by atoms with van der Waals surface area (Å²) in [4.78, 5) is 31.9. The Morgan fingerprint density at radius 3 is 2.69 bits per heavy atom. The number of aryl methyl sites for hydroxylation is 2. The number of hydrogen-bond acceptors (Lipinski definition) is 7. The van der Waals surface area contributed by atoms with Crippen molar-refractivity contribution in [2.75, 3.05) is 5.32 Å². The van der Waals surface area contributed by atoms with Gasteiger partial charge in [-0.1, -0.05) is 6.07 Å². The van der Waals surface area contributed by atoms with Gasteiger partial charge in [0.05, 0.1) is 24.1 Å². The molecule has 1 aliphatic heterocycles. The Labute approximate surface area is 203 Å². The van der Waals surface area contributed by atoms with Crippen LogP contribution in [0.15, 0.2) is 42.9 Å². The number of amides is 1. The maximum Gasteiger partial charge on any atom is 0.433 e. The third-order valence-corrected chi connectivity index (χ3v) is 5.93. The third-order valence-electron chi connectivity index (χ3n) is 5.93. The molecule has 36 heavy (non-hydrogen) atoms. The quantitative estimate of drug-likeness (QED) is 0.449. The van der Waals surface area contributed by atoms with Crippen LogP contribution in [0, 0.1) is 6.92 Å². The smallest absolute Gasteiger partial charge is 0.326 e. The van der Waals surface area contributed by atoms with Crippen molar-refractivity contribution in [2.45, 2.75) is 39.2 Å². The number of fused-ring (bicyclic) bond motifs is 1. The normalized spacial score (nSPS) is 15.8. The van der Waals surface area contributed by atoms with Gasteiger partial charge in [-0.15, -0.1) is 0 Å². The highest BCUT2D eigenvalue weighted by Crippen LogP contribution is 2.29. The first-order valence-electron chi connectivity index (χ1n) is 11.1. The first kappa shape index (κ1) is 23.5. The lowest BCUT2D eigenvalue weighted by molar-refractivity contribution is -0.141. The average Bonchev–Trinajstić information content (AvgIpc) is 3.43. The molecule has 5 rings (SSSR count). The van der Waals surface area contributed by atoms with E-state index in [1.165, 1.54) is 17.0 Å². The molecule has 0 saturated heterocycles. The number of rotatable bonds is 5. The van der Waals surface area contributed by atoms with Crippen LogP contribution < -0.4 is 5.32 Å². The highest BCUT2D eigenvalue weighted by atomic mass is 19.4. The van der Waals surface area contributed by atoms with Crippen LogP contribution in [0.4, 0.5) is 24.9 Å². The van der Waals surface area contributed by atoms with Crippen molar-refractivity contribution < 1.29 is 18.0 Å². The van der Waals surface area contributed by atoms with E-state index in [0.717, 1.165) is 11.6 Å². The Kier molecular flexibility index (Phi) is 5.69. The van der Waals surface area contributed by atoms with E-state index in [9.17, 15) is 18.0 Å². The monoisotopic (exact) mass is 497 g/mol. The van der Waals surface area contributed by atoms with Gasteiger partial charge in [-0.25, -0.2) is 19.9 Å². The highest BCUT2D eigenvalue weighted by molar-refractivity contribution is 5.92. The zero-order chi connectivity index (χ0) is 25.6. The van der Waals surface area contributed by atoms with Crippen molar-refractivity contribution in [3.63, 3.8) is 0 Å². The van der Waals surface area contributed by atoms with Crippen LogP contribution in [0.1, 0.15) is 34.5 Å². The molecule has 1 aliphatic rings. The summed E-state index contributed by atoms with van der Waals surface area (Å²) < 4.78 is 42.6. The van der Waals surface area contributed by atoms with E-state index in [1.807, 2.05) is 13.8 Å². The number of nitrogens with one attached hydrogen (secondary N) is 1.